The summed E-state index contributed by atoms with van der Waals surface area (Å²) in [5.41, 5.74) is 1.52. The number of hydrogen-bond acceptors (Lipinski definition) is 3. The van der Waals surface area contributed by atoms with E-state index < -0.39 is 5.97 Å². The van der Waals surface area contributed by atoms with Gasteiger partial charge in [-0.1, -0.05) is 29.8 Å². The SMILES string of the molecule is Cc1ccc(S)cc1.O=C(O)c1ccccc1S. The minimum Gasteiger partial charge on any atom is -0.478 e. The molecular weight excluding hydrogens is 264 g/mol. The highest BCUT2D eigenvalue weighted by Crippen LogP contribution is 2.11. The molecule has 0 unspecified atom stereocenters. The second-order valence-electron chi connectivity index (χ2n) is 3.66. The zero-order chi connectivity index (χ0) is 13.5. The first-order chi connectivity index (χ1) is 8.50. The maximum atomic E-state index is 10.4. The summed E-state index contributed by atoms with van der Waals surface area (Å²) in [6.45, 7) is 2.06. The molecule has 2 aromatic carbocycles. The zero-order valence-corrected chi connectivity index (χ0v) is 11.7. The van der Waals surface area contributed by atoms with Crippen LogP contribution in [0.15, 0.2) is 58.3 Å². The van der Waals surface area contributed by atoms with E-state index in [1.54, 1.807) is 18.2 Å². The Morgan fingerprint density at radius 2 is 1.56 bits per heavy atom. The monoisotopic (exact) mass is 278 g/mol. The molecule has 0 atom stereocenters. The number of aryl methyl sites for hydroxylation is 1. The molecule has 0 aliphatic carbocycles. The van der Waals surface area contributed by atoms with Crippen LogP contribution >= 0.6 is 25.3 Å². The Hall–Kier alpha value is -1.39. The summed E-state index contributed by atoms with van der Waals surface area (Å²) >= 11 is 8.09. The third-order valence-corrected chi connectivity index (χ3v) is 2.86. The van der Waals surface area contributed by atoms with Crippen molar-refractivity contribution >= 4 is 31.2 Å². The molecule has 0 saturated heterocycles. The molecule has 1 N–H and O–H groups in total. The van der Waals surface area contributed by atoms with Gasteiger partial charge >= 0.3 is 5.97 Å². The van der Waals surface area contributed by atoms with Crippen LogP contribution in [0.2, 0.25) is 0 Å². The van der Waals surface area contributed by atoms with Crippen LogP contribution in [0.25, 0.3) is 0 Å². The lowest BCUT2D eigenvalue weighted by Crippen LogP contribution is -1.96. The van der Waals surface area contributed by atoms with E-state index in [-0.39, 0.29) is 5.56 Å². The van der Waals surface area contributed by atoms with E-state index in [0.717, 1.165) is 4.90 Å². The number of benzene rings is 2. The van der Waals surface area contributed by atoms with E-state index in [0.29, 0.717) is 4.90 Å². The summed E-state index contributed by atoms with van der Waals surface area (Å²) in [6, 6.07) is 14.6. The fraction of sp³-hybridized carbons (Fsp3) is 0.0714. The van der Waals surface area contributed by atoms with E-state index in [4.69, 9.17) is 5.11 Å². The lowest BCUT2D eigenvalue weighted by molar-refractivity contribution is 0.0693. The second-order valence-corrected chi connectivity index (χ2v) is 4.66. The van der Waals surface area contributed by atoms with Gasteiger partial charge in [-0.3, -0.25) is 0 Å². The van der Waals surface area contributed by atoms with Crippen molar-refractivity contribution in [3.8, 4) is 0 Å². The second kappa shape index (κ2) is 7.13. The molecule has 4 heteroatoms. The van der Waals surface area contributed by atoms with Crippen LogP contribution in [0.5, 0.6) is 0 Å². The van der Waals surface area contributed by atoms with E-state index in [9.17, 15) is 4.79 Å². The molecule has 0 aliphatic rings. The summed E-state index contributed by atoms with van der Waals surface area (Å²) < 4.78 is 0. The van der Waals surface area contributed by atoms with Crippen LogP contribution in [-0.4, -0.2) is 11.1 Å². The van der Waals surface area contributed by atoms with Crippen molar-refractivity contribution in [2.45, 2.75) is 16.7 Å². The number of carbonyl (C=O) groups is 1. The van der Waals surface area contributed by atoms with Crippen molar-refractivity contribution in [3.63, 3.8) is 0 Å². The average molecular weight is 278 g/mol. The number of carboxylic acids is 1. The van der Waals surface area contributed by atoms with Gasteiger partial charge < -0.3 is 5.11 Å². The Labute approximate surface area is 117 Å². The molecule has 0 amide bonds. The van der Waals surface area contributed by atoms with Crippen molar-refractivity contribution in [1.29, 1.82) is 0 Å². The quantitative estimate of drug-likeness (QED) is 0.691. The topological polar surface area (TPSA) is 37.3 Å². The van der Waals surface area contributed by atoms with Gasteiger partial charge in [0.25, 0.3) is 0 Å². The highest BCUT2D eigenvalue weighted by atomic mass is 32.1. The molecule has 2 nitrogen and oxygen atoms in total. The Morgan fingerprint density at radius 3 is 1.94 bits per heavy atom. The molecule has 18 heavy (non-hydrogen) atoms. The van der Waals surface area contributed by atoms with Crippen LogP contribution in [-0.2, 0) is 0 Å². The van der Waals surface area contributed by atoms with E-state index in [1.165, 1.54) is 11.6 Å². The maximum absolute atomic E-state index is 10.4. The largest absolute Gasteiger partial charge is 0.478 e. The van der Waals surface area contributed by atoms with Gasteiger partial charge in [-0.2, -0.15) is 0 Å². The van der Waals surface area contributed by atoms with Crippen molar-refractivity contribution in [2.75, 3.05) is 0 Å². The normalized spacial score (nSPS) is 9.28. The van der Waals surface area contributed by atoms with E-state index in [1.807, 2.05) is 24.3 Å². The smallest absolute Gasteiger partial charge is 0.336 e. The first-order valence-corrected chi connectivity index (χ1v) is 6.17. The predicted octanol–water partition coefficient (Wildman–Crippen LogP) is 3.96. The minimum atomic E-state index is -0.939. The van der Waals surface area contributed by atoms with Crippen LogP contribution < -0.4 is 0 Å². The lowest BCUT2D eigenvalue weighted by Gasteiger charge is -1.95. The highest BCUT2D eigenvalue weighted by Gasteiger charge is 2.03. The van der Waals surface area contributed by atoms with Crippen LogP contribution in [0.1, 0.15) is 15.9 Å². The molecule has 0 heterocycles. The molecule has 2 aromatic rings. The van der Waals surface area contributed by atoms with Gasteiger partial charge in [-0.05, 0) is 31.2 Å². The minimum absolute atomic E-state index is 0.242. The highest BCUT2D eigenvalue weighted by molar-refractivity contribution is 7.80. The molecule has 0 aliphatic heterocycles. The van der Waals surface area contributed by atoms with E-state index >= 15 is 0 Å². The summed E-state index contributed by atoms with van der Waals surface area (Å²) in [4.78, 5) is 11.9. The summed E-state index contributed by atoms with van der Waals surface area (Å²) in [7, 11) is 0. The Bertz CT molecular complexity index is 501. The average Bonchev–Trinajstić information content (AvgIpc) is 2.34. The van der Waals surface area contributed by atoms with Crippen LogP contribution in [0.4, 0.5) is 0 Å². The van der Waals surface area contributed by atoms with Gasteiger partial charge in [0.2, 0.25) is 0 Å². The lowest BCUT2D eigenvalue weighted by atomic mass is 10.2. The van der Waals surface area contributed by atoms with Crippen molar-refractivity contribution < 1.29 is 9.90 Å². The predicted molar refractivity (Wildman–Crippen MR) is 79.1 cm³/mol. The fourth-order valence-corrected chi connectivity index (χ4v) is 1.60. The molecule has 94 valence electrons. The molecule has 0 fully saturated rings. The molecule has 2 rings (SSSR count). The van der Waals surface area contributed by atoms with Crippen molar-refractivity contribution in [1.82, 2.24) is 0 Å². The standard InChI is InChI=1S/C7H6O2S.C7H8S/c8-7(9)5-3-1-2-4-6(5)10;1-6-2-4-7(8)5-3-6/h1-4,10H,(H,8,9);2-5,8H,1H3. The Kier molecular flexibility index (Phi) is 5.82. The van der Waals surface area contributed by atoms with Gasteiger partial charge in [0.15, 0.2) is 0 Å². The van der Waals surface area contributed by atoms with E-state index in [2.05, 4.69) is 32.2 Å². The van der Waals surface area contributed by atoms with Gasteiger partial charge in [0, 0.05) is 9.79 Å². The number of hydrogen-bond donors (Lipinski definition) is 3. The van der Waals surface area contributed by atoms with Gasteiger partial charge in [-0.15, -0.1) is 25.3 Å². The Morgan fingerprint density at radius 1 is 1.00 bits per heavy atom. The number of rotatable bonds is 1. The summed E-state index contributed by atoms with van der Waals surface area (Å²) in [5.74, 6) is -0.939. The van der Waals surface area contributed by atoms with Gasteiger partial charge in [0.05, 0.1) is 5.56 Å². The molecule has 0 spiro atoms. The first-order valence-electron chi connectivity index (χ1n) is 5.27. The van der Waals surface area contributed by atoms with Gasteiger partial charge in [0.1, 0.15) is 0 Å². The molecule has 0 aromatic heterocycles. The molecule has 0 saturated carbocycles. The third-order valence-electron chi connectivity index (χ3n) is 2.17. The van der Waals surface area contributed by atoms with Crippen molar-refractivity contribution in [3.05, 3.63) is 59.7 Å². The molecule has 0 bridgehead atoms. The van der Waals surface area contributed by atoms with Crippen LogP contribution in [0.3, 0.4) is 0 Å². The fourth-order valence-electron chi connectivity index (χ4n) is 1.20. The maximum Gasteiger partial charge on any atom is 0.336 e. The Balaban J connectivity index is 0.000000184. The zero-order valence-electron chi connectivity index (χ0n) is 9.87. The van der Waals surface area contributed by atoms with Crippen LogP contribution in [0, 0.1) is 6.92 Å². The number of carboxylic acid groups (broad SMARTS) is 1. The molecular formula is C14H14O2S2. The third kappa shape index (κ3) is 4.85. The van der Waals surface area contributed by atoms with Gasteiger partial charge in [-0.25, -0.2) is 4.79 Å². The first kappa shape index (κ1) is 14.7. The molecule has 0 radical (unpaired) electrons. The van der Waals surface area contributed by atoms with Crippen molar-refractivity contribution in [2.24, 2.45) is 0 Å². The number of thiol groups is 2. The number of aromatic carboxylic acids is 1. The summed E-state index contributed by atoms with van der Waals surface area (Å²) in [6.07, 6.45) is 0. The summed E-state index contributed by atoms with van der Waals surface area (Å²) in [5, 5.41) is 8.52.